The van der Waals surface area contributed by atoms with Crippen LogP contribution in [0.5, 0.6) is 5.75 Å². The lowest BCUT2D eigenvalue weighted by Gasteiger charge is -2.30. The van der Waals surface area contributed by atoms with Crippen LogP contribution in [0.4, 0.5) is 11.4 Å². The molecule has 4 nitrogen and oxygen atoms in total. The number of ether oxygens (including phenoxy) is 1. The maximum atomic E-state index is 10.7. The molecule has 0 aliphatic carbocycles. The molecule has 3 rings (SSSR count). The van der Waals surface area contributed by atoms with E-state index < -0.39 is 5.41 Å². The van der Waals surface area contributed by atoms with E-state index in [9.17, 15) is 5.26 Å². The monoisotopic (exact) mass is 441 g/mol. The van der Waals surface area contributed by atoms with Crippen molar-refractivity contribution in [2.45, 2.75) is 33.1 Å². The molecule has 0 aliphatic rings. The Bertz CT molecular complexity index is 987. The van der Waals surface area contributed by atoms with Crippen molar-refractivity contribution in [1.82, 2.24) is 0 Å². The number of hydrogen-bond acceptors (Lipinski definition) is 4. The molecule has 0 bridgehead atoms. The van der Waals surface area contributed by atoms with Crippen molar-refractivity contribution in [1.29, 1.82) is 5.26 Å². The molecule has 0 aliphatic heterocycles. The predicted molar refractivity (Wildman–Crippen MR) is 138 cm³/mol. The smallest absolute Gasteiger partial charge is 0.132 e. The Morgan fingerprint density at radius 3 is 1.24 bits per heavy atom. The van der Waals surface area contributed by atoms with Gasteiger partial charge in [0.2, 0.25) is 0 Å². The molecule has 0 saturated carbocycles. The maximum Gasteiger partial charge on any atom is 0.132 e. The first-order chi connectivity index (χ1) is 16.1. The number of anilines is 2. The molecule has 0 saturated heterocycles. The van der Waals surface area contributed by atoms with Gasteiger partial charge in [-0.25, -0.2) is 0 Å². The van der Waals surface area contributed by atoms with E-state index in [-0.39, 0.29) is 0 Å². The second-order valence-corrected chi connectivity index (χ2v) is 8.03. The second kappa shape index (κ2) is 10.9. The normalized spacial score (nSPS) is 11.0. The highest BCUT2D eigenvalue weighted by Crippen LogP contribution is 2.40. The van der Waals surface area contributed by atoms with Gasteiger partial charge in [-0.1, -0.05) is 36.4 Å². The minimum Gasteiger partial charge on any atom is -0.497 e. The summed E-state index contributed by atoms with van der Waals surface area (Å²) >= 11 is 0. The summed E-state index contributed by atoms with van der Waals surface area (Å²) in [7, 11) is 1.66. The Labute approximate surface area is 199 Å². The fourth-order valence-corrected chi connectivity index (χ4v) is 4.56. The van der Waals surface area contributed by atoms with Crippen molar-refractivity contribution in [2.75, 3.05) is 43.1 Å². The molecular formula is C29H35N3O. The highest BCUT2D eigenvalue weighted by Gasteiger charge is 2.37. The summed E-state index contributed by atoms with van der Waals surface area (Å²) in [6.07, 6.45) is 0. The first-order valence-corrected chi connectivity index (χ1v) is 11.8. The third-order valence-electron chi connectivity index (χ3n) is 6.55. The zero-order valence-electron chi connectivity index (χ0n) is 20.5. The number of benzene rings is 3. The second-order valence-electron chi connectivity index (χ2n) is 8.03. The lowest BCUT2D eigenvalue weighted by atomic mass is 9.70. The van der Waals surface area contributed by atoms with Gasteiger partial charge >= 0.3 is 0 Å². The predicted octanol–water partition coefficient (Wildman–Crippen LogP) is 6.25. The molecule has 0 unspecified atom stereocenters. The van der Waals surface area contributed by atoms with Gasteiger partial charge in [0.1, 0.15) is 11.2 Å². The summed E-state index contributed by atoms with van der Waals surface area (Å²) in [5.74, 6) is 0.777. The van der Waals surface area contributed by atoms with Crippen LogP contribution in [0.3, 0.4) is 0 Å². The standard InChI is InChI=1S/C29H35N3O/c1-6-31(7-2)26-16-10-23(11-17-26)29(22-30,25-14-20-28(33-5)21-15-25)24-12-18-27(19-13-24)32(8-3)9-4/h10-21H,6-9H2,1-5H3. The van der Waals surface area contributed by atoms with Gasteiger partial charge in [-0.2, -0.15) is 5.26 Å². The van der Waals surface area contributed by atoms with Crippen molar-refractivity contribution in [3.63, 3.8) is 0 Å². The van der Waals surface area contributed by atoms with Crippen LogP contribution in [0.25, 0.3) is 0 Å². The fraction of sp³-hybridized carbons (Fsp3) is 0.345. The van der Waals surface area contributed by atoms with Crippen LogP contribution in [-0.2, 0) is 5.41 Å². The van der Waals surface area contributed by atoms with Crippen molar-refractivity contribution < 1.29 is 4.74 Å². The molecule has 0 amide bonds. The molecule has 33 heavy (non-hydrogen) atoms. The summed E-state index contributed by atoms with van der Waals surface area (Å²) < 4.78 is 5.37. The summed E-state index contributed by atoms with van der Waals surface area (Å²) in [6, 6.07) is 27.4. The summed E-state index contributed by atoms with van der Waals surface area (Å²) in [4.78, 5) is 4.62. The third-order valence-corrected chi connectivity index (χ3v) is 6.55. The van der Waals surface area contributed by atoms with Gasteiger partial charge in [0.05, 0.1) is 13.2 Å². The van der Waals surface area contributed by atoms with Gasteiger partial charge in [0, 0.05) is 37.6 Å². The van der Waals surface area contributed by atoms with Crippen LogP contribution in [0.15, 0.2) is 72.8 Å². The lowest BCUT2D eigenvalue weighted by Crippen LogP contribution is -2.28. The molecule has 0 fully saturated rings. The number of methoxy groups -OCH3 is 1. The van der Waals surface area contributed by atoms with Gasteiger partial charge in [-0.15, -0.1) is 0 Å². The molecule has 0 radical (unpaired) electrons. The third kappa shape index (κ3) is 4.68. The van der Waals surface area contributed by atoms with E-state index in [2.05, 4.69) is 92.1 Å². The van der Waals surface area contributed by atoms with E-state index in [1.165, 1.54) is 11.4 Å². The molecule has 3 aromatic carbocycles. The van der Waals surface area contributed by atoms with Gasteiger partial charge in [-0.05, 0) is 80.8 Å². The summed E-state index contributed by atoms with van der Waals surface area (Å²) in [6.45, 7) is 12.4. The number of rotatable bonds is 10. The quantitative estimate of drug-likeness (QED) is 0.349. The zero-order chi connectivity index (χ0) is 23.8. The number of nitrogens with zero attached hydrogens (tertiary/aromatic N) is 3. The van der Waals surface area contributed by atoms with Crippen molar-refractivity contribution >= 4 is 11.4 Å². The van der Waals surface area contributed by atoms with Crippen LogP contribution in [0.2, 0.25) is 0 Å². The van der Waals surface area contributed by atoms with Crippen LogP contribution < -0.4 is 14.5 Å². The highest BCUT2D eigenvalue weighted by molar-refractivity contribution is 5.61. The number of nitriles is 1. The molecule has 0 atom stereocenters. The van der Waals surface area contributed by atoms with Crippen molar-refractivity contribution in [2.24, 2.45) is 0 Å². The van der Waals surface area contributed by atoms with Crippen molar-refractivity contribution in [3.05, 3.63) is 89.5 Å². The lowest BCUT2D eigenvalue weighted by molar-refractivity contribution is 0.414. The van der Waals surface area contributed by atoms with Crippen LogP contribution in [-0.4, -0.2) is 33.3 Å². The topological polar surface area (TPSA) is 39.5 Å². The van der Waals surface area contributed by atoms with Gasteiger partial charge in [-0.3, -0.25) is 0 Å². The minimum absolute atomic E-state index is 0.777. The summed E-state index contributed by atoms with van der Waals surface area (Å²) in [5, 5.41) is 10.7. The van der Waals surface area contributed by atoms with E-state index >= 15 is 0 Å². The Balaban J connectivity index is 2.17. The molecule has 0 spiro atoms. The minimum atomic E-state index is -0.921. The van der Waals surface area contributed by atoms with Crippen LogP contribution in [0.1, 0.15) is 44.4 Å². The van der Waals surface area contributed by atoms with E-state index in [0.29, 0.717) is 0 Å². The maximum absolute atomic E-state index is 10.7. The average Bonchev–Trinajstić information content (AvgIpc) is 2.88. The molecule has 4 heteroatoms. The Hall–Kier alpha value is -3.45. The van der Waals surface area contributed by atoms with Crippen LogP contribution >= 0.6 is 0 Å². The first kappa shape index (κ1) is 24.2. The van der Waals surface area contributed by atoms with Gasteiger partial charge < -0.3 is 14.5 Å². The van der Waals surface area contributed by atoms with E-state index in [1.807, 2.05) is 24.3 Å². The van der Waals surface area contributed by atoms with E-state index in [4.69, 9.17) is 4.74 Å². The zero-order valence-corrected chi connectivity index (χ0v) is 20.5. The fourth-order valence-electron chi connectivity index (χ4n) is 4.56. The number of hydrogen-bond donors (Lipinski definition) is 0. The molecule has 3 aromatic rings. The summed E-state index contributed by atoms with van der Waals surface area (Å²) in [5.41, 5.74) is 4.26. The highest BCUT2D eigenvalue weighted by atomic mass is 16.5. The van der Waals surface area contributed by atoms with Crippen LogP contribution in [0, 0.1) is 11.3 Å². The average molecular weight is 442 g/mol. The molecule has 0 heterocycles. The van der Waals surface area contributed by atoms with Gasteiger partial charge in [0.15, 0.2) is 0 Å². The van der Waals surface area contributed by atoms with Gasteiger partial charge in [0.25, 0.3) is 0 Å². The van der Waals surface area contributed by atoms with E-state index in [1.54, 1.807) is 7.11 Å². The Kier molecular flexibility index (Phi) is 8.01. The molecule has 0 aromatic heterocycles. The molecular weight excluding hydrogens is 406 g/mol. The van der Waals surface area contributed by atoms with E-state index in [0.717, 1.165) is 48.6 Å². The van der Waals surface area contributed by atoms with Crippen molar-refractivity contribution in [3.8, 4) is 11.8 Å². The molecule has 0 N–H and O–H groups in total. The Morgan fingerprint density at radius 1 is 0.636 bits per heavy atom. The largest absolute Gasteiger partial charge is 0.497 e. The SMILES string of the molecule is CCN(CC)c1ccc(C(C#N)(c2ccc(OC)cc2)c2ccc(N(CC)CC)cc2)cc1. The molecule has 172 valence electrons. The first-order valence-electron chi connectivity index (χ1n) is 11.8. The Morgan fingerprint density at radius 2 is 0.970 bits per heavy atom.